The van der Waals surface area contributed by atoms with Crippen molar-refractivity contribution in [1.29, 1.82) is 0 Å². The fraction of sp³-hybridized carbons (Fsp3) is 0.0476. The number of hydrogen-bond acceptors (Lipinski definition) is 3. The molecule has 0 aliphatic carbocycles. The van der Waals surface area contributed by atoms with Gasteiger partial charge in [-0.15, -0.1) is 0 Å². The molecule has 0 N–H and O–H groups in total. The molecule has 1 aromatic heterocycles. The lowest BCUT2D eigenvalue weighted by Gasteiger charge is -2.07. The first-order valence-corrected chi connectivity index (χ1v) is 7.81. The molecule has 2 aromatic carbocycles. The molecule has 3 rings (SSSR count). The van der Waals surface area contributed by atoms with Crippen molar-refractivity contribution in [2.45, 2.75) is 6.61 Å². The molecule has 0 amide bonds. The molecule has 0 bridgehead atoms. The van der Waals surface area contributed by atoms with Crippen LogP contribution in [0.15, 0.2) is 79.0 Å². The summed E-state index contributed by atoms with van der Waals surface area (Å²) in [6.45, 7) is 0.307. The first-order chi connectivity index (χ1) is 12.2. The monoisotopic (exact) mass is 333 g/mol. The third-order valence-electron chi connectivity index (χ3n) is 3.53. The highest BCUT2D eigenvalue weighted by atomic mass is 19.1. The molecule has 0 saturated heterocycles. The number of allylic oxidation sites excluding steroid dienone is 1. The highest BCUT2D eigenvalue weighted by Crippen LogP contribution is 2.16. The van der Waals surface area contributed by atoms with Crippen LogP contribution in [0.25, 0.3) is 6.08 Å². The Balaban J connectivity index is 1.65. The molecular weight excluding hydrogens is 317 g/mol. The van der Waals surface area contributed by atoms with Crippen LogP contribution >= 0.6 is 0 Å². The average molecular weight is 333 g/mol. The molecule has 0 unspecified atom stereocenters. The number of halogens is 1. The van der Waals surface area contributed by atoms with Crippen molar-refractivity contribution < 1.29 is 13.9 Å². The van der Waals surface area contributed by atoms with E-state index in [-0.39, 0.29) is 11.6 Å². The molecule has 0 atom stereocenters. The number of ether oxygens (including phenoxy) is 1. The van der Waals surface area contributed by atoms with Gasteiger partial charge in [-0.2, -0.15) is 0 Å². The molecule has 124 valence electrons. The molecule has 1 heterocycles. The summed E-state index contributed by atoms with van der Waals surface area (Å²) in [6, 6.07) is 18.6. The Labute approximate surface area is 145 Å². The highest BCUT2D eigenvalue weighted by molar-refractivity contribution is 6.06. The van der Waals surface area contributed by atoms with Crippen LogP contribution in [0.4, 0.5) is 4.39 Å². The SMILES string of the molecule is O=C(C=Cc1ccccn1)c1cccc(OCc2ccc(F)cc2)c1. The zero-order chi connectivity index (χ0) is 17.5. The van der Waals surface area contributed by atoms with Gasteiger partial charge in [0.05, 0.1) is 5.69 Å². The number of benzene rings is 2. The van der Waals surface area contributed by atoms with E-state index < -0.39 is 0 Å². The van der Waals surface area contributed by atoms with Crippen molar-refractivity contribution in [2.24, 2.45) is 0 Å². The Morgan fingerprint density at radius 3 is 2.64 bits per heavy atom. The first-order valence-electron chi connectivity index (χ1n) is 7.81. The standard InChI is InChI=1S/C21H16FNO2/c22-18-9-7-16(8-10-18)15-25-20-6-3-4-17(14-20)21(24)12-11-19-5-1-2-13-23-19/h1-14H,15H2. The molecule has 0 aliphatic rings. The summed E-state index contributed by atoms with van der Waals surface area (Å²) in [5.74, 6) is 0.176. The maximum atomic E-state index is 12.9. The van der Waals surface area contributed by atoms with E-state index >= 15 is 0 Å². The number of aromatic nitrogens is 1. The maximum Gasteiger partial charge on any atom is 0.186 e. The molecule has 3 nitrogen and oxygen atoms in total. The van der Waals surface area contributed by atoms with Gasteiger partial charge >= 0.3 is 0 Å². The summed E-state index contributed by atoms with van der Waals surface area (Å²) in [5, 5.41) is 0. The van der Waals surface area contributed by atoms with Crippen molar-refractivity contribution in [1.82, 2.24) is 4.98 Å². The third-order valence-corrected chi connectivity index (χ3v) is 3.53. The quantitative estimate of drug-likeness (QED) is 0.485. The van der Waals surface area contributed by atoms with Crippen LogP contribution in [-0.4, -0.2) is 10.8 Å². The normalized spacial score (nSPS) is 10.8. The van der Waals surface area contributed by atoms with E-state index in [2.05, 4.69) is 4.98 Å². The van der Waals surface area contributed by atoms with Crippen molar-refractivity contribution in [3.05, 3.63) is 102 Å². The van der Waals surface area contributed by atoms with Crippen LogP contribution in [0.1, 0.15) is 21.6 Å². The Kier molecular flexibility index (Phi) is 5.32. The zero-order valence-electron chi connectivity index (χ0n) is 13.4. The van der Waals surface area contributed by atoms with Gasteiger partial charge in [-0.1, -0.05) is 30.3 Å². The largest absolute Gasteiger partial charge is 0.489 e. The molecule has 25 heavy (non-hydrogen) atoms. The number of carbonyl (C=O) groups is 1. The zero-order valence-corrected chi connectivity index (χ0v) is 13.4. The Morgan fingerprint density at radius 1 is 1.04 bits per heavy atom. The number of carbonyl (C=O) groups excluding carboxylic acids is 1. The van der Waals surface area contributed by atoms with Crippen molar-refractivity contribution >= 4 is 11.9 Å². The summed E-state index contributed by atoms with van der Waals surface area (Å²) in [5.41, 5.74) is 2.11. The van der Waals surface area contributed by atoms with E-state index in [0.29, 0.717) is 17.9 Å². The molecule has 0 fully saturated rings. The van der Waals surface area contributed by atoms with E-state index in [1.165, 1.54) is 18.2 Å². The lowest BCUT2D eigenvalue weighted by Crippen LogP contribution is -1.98. The van der Waals surface area contributed by atoms with Gasteiger partial charge in [0.1, 0.15) is 18.2 Å². The number of hydrogen-bond donors (Lipinski definition) is 0. The van der Waals surface area contributed by atoms with Crippen molar-refractivity contribution in [2.75, 3.05) is 0 Å². The summed E-state index contributed by atoms with van der Waals surface area (Å²) in [7, 11) is 0. The lowest BCUT2D eigenvalue weighted by molar-refractivity contribution is 0.104. The van der Waals surface area contributed by atoms with Crippen molar-refractivity contribution in [3.8, 4) is 5.75 Å². The molecule has 0 aliphatic heterocycles. The van der Waals surface area contributed by atoms with E-state index in [1.54, 1.807) is 48.7 Å². The molecular formula is C21H16FNO2. The Bertz CT molecular complexity index is 874. The topological polar surface area (TPSA) is 39.2 Å². The van der Waals surface area contributed by atoms with Gasteiger partial charge in [-0.3, -0.25) is 9.78 Å². The van der Waals surface area contributed by atoms with Gasteiger partial charge < -0.3 is 4.74 Å². The van der Waals surface area contributed by atoms with Crippen LogP contribution in [0.3, 0.4) is 0 Å². The average Bonchev–Trinajstić information content (AvgIpc) is 2.67. The first kappa shape index (κ1) is 16.6. The maximum absolute atomic E-state index is 12.9. The second-order valence-electron chi connectivity index (χ2n) is 5.40. The van der Waals surface area contributed by atoms with E-state index in [9.17, 15) is 9.18 Å². The van der Waals surface area contributed by atoms with E-state index in [0.717, 1.165) is 11.3 Å². The smallest absolute Gasteiger partial charge is 0.186 e. The molecule has 3 aromatic rings. The summed E-state index contributed by atoms with van der Waals surface area (Å²) >= 11 is 0. The van der Waals surface area contributed by atoms with Crippen LogP contribution in [-0.2, 0) is 6.61 Å². The predicted molar refractivity (Wildman–Crippen MR) is 94.8 cm³/mol. The highest BCUT2D eigenvalue weighted by Gasteiger charge is 2.04. The van der Waals surface area contributed by atoms with Crippen molar-refractivity contribution in [3.63, 3.8) is 0 Å². The van der Waals surface area contributed by atoms with Gasteiger partial charge in [0, 0.05) is 11.8 Å². The molecule has 0 spiro atoms. The summed E-state index contributed by atoms with van der Waals surface area (Å²) in [6.07, 6.45) is 4.84. The third kappa shape index (κ3) is 4.85. The molecule has 0 radical (unpaired) electrons. The van der Waals surface area contributed by atoms with Crippen LogP contribution in [0.5, 0.6) is 5.75 Å². The van der Waals surface area contributed by atoms with Crippen LogP contribution < -0.4 is 4.74 Å². The van der Waals surface area contributed by atoms with Gasteiger partial charge in [0.25, 0.3) is 0 Å². The number of nitrogens with zero attached hydrogens (tertiary/aromatic N) is 1. The summed E-state index contributed by atoms with van der Waals surface area (Å²) in [4.78, 5) is 16.4. The number of ketones is 1. The number of pyridine rings is 1. The minimum absolute atomic E-state index is 0.127. The minimum atomic E-state index is -0.281. The van der Waals surface area contributed by atoms with Crippen LogP contribution in [0.2, 0.25) is 0 Å². The second-order valence-corrected chi connectivity index (χ2v) is 5.40. The lowest BCUT2D eigenvalue weighted by atomic mass is 10.1. The molecule has 0 saturated carbocycles. The number of rotatable bonds is 6. The Morgan fingerprint density at radius 2 is 1.88 bits per heavy atom. The van der Waals surface area contributed by atoms with Gasteiger partial charge in [0.2, 0.25) is 0 Å². The van der Waals surface area contributed by atoms with Gasteiger partial charge in [-0.05, 0) is 54.1 Å². The van der Waals surface area contributed by atoms with Crippen LogP contribution in [0, 0.1) is 5.82 Å². The Hall–Kier alpha value is -3.27. The van der Waals surface area contributed by atoms with Gasteiger partial charge in [-0.25, -0.2) is 4.39 Å². The van der Waals surface area contributed by atoms with Gasteiger partial charge in [0.15, 0.2) is 5.78 Å². The fourth-order valence-electron chi connectivity index (χ4n) is 2.22. The predicted octanol–water partition coefficient (Wildman–Crippen LogP) is 4.70. The summed E-state index contributed by atoms with van der Waals surface area (Å²) < 4.78 is 18.6. The van der Waals surface area contributed by atoms with E-state index in [4.69, 9.17) is 4.74 Å². The second kappa shape index (κ2) is 8.02. The molecule has 4 heteroatoms. The fourth-order valence-corrected chi connectivity index (χ4v) is 2.22. The minimum Gasteiger partial charge on any atom is -0.489 e. The van der Waals surface area contributed by atoms with E-state index in [1.807, 2.05) is 18.2 Å².